The van der Waals surface area contributed by atoms with Gasteiger partial charge in [-0.3, -0.25) is 4.98 Å². The highest BCUT2D eigenvalue weighted by atomic mass is 19.4. The fourth-order valence-corrected chi connectivity index (χ4v) is 1.31. The minimum absolute atomic E-state index is 0.0962. The molecule has 0 bridgehead atoms. The number of aromatic hydroxyl groups is 1. The van der Waals surface area contributed by atoms with Crippen molar-refractivity contribution in [1.29, 1.82) is 0 Å². The van der Waals surface area contributed by atoms with Crippen LogP contribution in [-0.2, 0) is 6.54 Å². The lowest BCUT2D eigenvalue weighted by molar-refractivity contribution is -0.135. The highest BCUT2D eigenvalue weighted by Gasteiger charge is 2.25. The first-order valence-electron chi connectivity index (χ1n) is 5.39. The monoisotopic (exact) mass is 248 g/mol. The minimum Gasteiger partial charge on any atom is -0.506 e. The Bertz CT molecular complexity index is 324. The van der Waals surface area contributed by atoms with Crippen LogP contribution in [0.4, 0.5) is 13.2 Å². The Morgan fingerprint density at radius 2 is 2.00 bits per heavy atom. The summed E-state index contributed by atoms with van der Waals surface area (Å²) in [6.45, 7) is 1.02. The number of pyridine rings is 1. The lowest BCUT2D eigenvalue weighted by Crippen LogP contribution is -2.16. The molecule has 0 aliphatic carbocycles. The van der Waals surface area contributed by atoms with Crippen LogP contribution in [0.1, 0.15) is 25.0 Å². The lowest BCUT2D eigenvalue weighted by atomic mass is 10.2. The molecule has 1 rings (SSSR count). The van der Waals surface area contributed by atoms with E-state index in [0.717, 1.165) is 5.69 Å². The van der Waals surface area contributed by atoms with Gasteiger partial charge in [-0.2, -0.15) is 13.2 Å². The molecule has 3 nitrogen and oxygen atoms in total. The number of hydrogen-bond acceptors (Lipinski definition) is 3. The van der Waals surface area contributed by atoms with Gasteiger partial charge < -0.3 is 10.4 Å². The SMILES string of the molecule is Oc1ccc(CNCCCCC(F)(F)F)nc1. The first kappa shape index (κ1) is 13.8. The van der Waals surface area contributed by atoms with E-state index in [4.69, 9.17) is 5.11 Å². The number of unbranched alkanes of at least 4 members (excludes halogenated alkanes) is 1. The third-order valence-electron chi connectivity index (χ3n) is 2.18. The summed E-state index contributed by atoms with van der Waals surface area (Å²) in [5, 5.41) is 12.0. The molecule has 1 heterocycles. The number of nitrogens with one attached hydrogen (secondary N) is 1. The summed E-state index contributed by atoms with van der Waals surface area (Å²) in [6, 6.07) is 3.19. The van der Waals surface area contributed by atoms with Crippen molar-refractivity contribution >= 4 is 0 Å². The standard InChI is InChI=1S/C11H15F3N2O/c12-11(13,14)5-1-2-6-15-7-9-3-4-10(17)8-16-9/h3-4,8,15,17H,1-2,5-7H2. The van der Waals surface area contributed by atoms with Crippen molar-refractivity contribution in [1.82, 2.24) is 10.3 Å². The van der Waals surface area contributed by atoms with Gasteiger partial charge >= 0.3 is 6.18 Å². The molecule has 6 heteroatoms. The highest BCUT2D eigenvalue weighted by Crippen LogP contribution is 2.21. The topological polar surface area (TPSA) is 45.1 Å². The number of alkyl halides is 3. The van der Waals surface area contributed by atoms with E-state index in [0.29, 0.717) is 19.5 Å². The van der Waals surface area contributed by atoms with Gasteiger partial charge in [0.15, 0.2) is 0 Å². The van der Waals surface area contributed by atoms with Gasteiger partial charge in [0.05, 0.1) is 11.9 Å². The molecule has 0 atom stereocenters. The number of halogens is 3. The van der Waals surface area contributed by atoms with Crippen LogP contribution in [0.25, 0.3) is 0 Å². The molecule has 1 aromatic rings. The molecule has 1 aromatic heterocycles. The van der Waals surface area contributed by atoms with Crippen molar-refractivity contribution in [2.75, 3.05) is 6.54 Å². The first-order valence-corrected chi connectivity index (χ1v) is 5.39. The molecular formula is C11H15F3N2O. The third-order valence-corrected chi connectivity index (χ3v) is 2.18. The van der Waals surface area contributed by atoms with E-state index in [1.54, 1.807) is 6.07 Å². The fraction of sp³-hybridized carbons (Fsp3) is 0.545. The third kappa shape index (κ3) is 6.78. The predicted molar refractivity (Wildman–Crippen MR) is 57.5 cm³/mol. The maximum atomic E-state index is 11.8. The van der Waals surface area contributed by atoms with Crippen molar-refractivity contribution < 1.29 is 18.3 Å². The second kappa shape index (κ2) is 6.44. The van der Waals surface area contributed by atoms with Gasteiger partial charge in [-0.05, 0) is 31.5 Å². The van der Waals surface area contributed by atoms with Crippen molar-refractivity contribution in [2.24, 2.45) is 0 Å². The van der Waals surface area contributed by atoms with E-state index in [9.17, 15) is 13.2 Å². The summed E-state index contributed by atoms with van der Waals surface area (Å²) in [6.07, 6.45) is -2.83. The molecule has 0 saturated heterocycles. The van der Waals surface area contributed by atoms with Crippen LogP contribution < -0.4 is 5.32 Å². The van der Waals surface area contributed by atoms with Gasteiger partial charge in [0, 0.05) is 13.0 Å². The number of rotatable bonds is 6. The zero-order chi connectivity index (χ0) is 12.7. The second-order valence-corrected chi connectivity index (χ2v) is 3.76. The molecule has 96 valence electrons. The maximum Gasteiger partial charge on any atom is 0.389 e. The van der Waals surface area contributed by atoms with E-state index in [1.165, 1.54) is 12.3 Å². The Hall–Kier alpha value is -1.30. The van der Waals surface area contributed by atoms with Crippen molar-refractivity contribution in [2.45, 2.75) is 32.0 Å². The van der Waals surface area contributed by atoms with Gasteiger partial charge in [0.25, 0.3) is 0 Å². The van der Waals surface area contributed by atoms with Crippen LogP contribution in [0.2, 0.25) is 0 Å². The van der Waals surface area contributed by atoms with Gasteiger partial charge in [-0.15, -0.1) is 0 Å². The Labute approximate surface area is 97.7 Å². The quantitative estimate of drug-likeness (QED) is 0.761. The van der Waals surface area contributed by atoms with Crippen LogP contribution in [0, 0.1) is 0 Å². The summed E-state index contributed by atoms with van der Waals surface area (Å²) in [5.41, 5.74) is 0.749. The Kier molecular flexibility index (Phi) is 5.21. The van der Waals surface area contributed by atoms with E-state index >= 15 is 0 Å². The highest BCUT2D eigenvalue weighted by molar-refractivity contribution is 5.17. The summed E-state index contributed by atoms with van der Waals surface area (Å²) in [7, 11) is 0. The lowest BCUT2D eigenvalue weighted by Gasteiger charge is -2.06. The zero-order valence-electron chi connectivity index (χ0n) is 9.30. The molecule has 2 N–H and O–H groups in total. The number of nitrogens with zero attached hydrogens (tertiary/aromatic N) is 1. The van der Waals surface area contributed by atoms with E-state index in [1.807, 2.05) is 0 Å². The molecule has 0 saturated carbocycles. The molecule has 0 spiro atoms. The largest absolute Gasteiger partial charge is 0.506 e. The Morgan fingerprint density at radius 3 is 2.59 bits per heavy atom. The molecule has 0 amide bonds. The summed E-state index contributed by atoms with van der Waals surface area (Å²) in [5.74, 6) is 0.0962. The van der Waals surface area contributed by atoms with Crippen molar-refractivity contribution in [3.05, 3.63) is 24.0 Å². The van der Waals surface area contributed by atoms with Gasteiger partial charge in [-0.25, -0.2) is 0 Å². The smallest absolute Gasteiger partial charge is 0.389 e. The Morgan fingerprint density at radius 1 is 1.24 bits per heavy atom. The van der Waals surface area contributed by atoms with E-state index in [2.05, 4.69) is 10.3 Å². The molecule has 0 radical (unpaired) electrons. The van der Waals surface area contributed by atoms with E-state index in [-0.39, 0.29) is 12.2 Å². The van der Waals surface area contributed by atoms with Crippen LogP contribution in [-0.4, -0.2) is 22.8 Å². The molecule has 0 fully saturated rings. The molecule has 17 heavy (non-hydrogen) atoms. The average Bonchev–Trinajstić information content (AvgIpc) is 2.24. The predicted octanol–water partition coefficient (Wildman–Crippen LogP) is 2.61. The van der Waals surface area contributed by atoms with Gasteiger partial charge in [0.1, 0.15) is 5.75 Å². The number of aromatic nitrogens is 1. The van der Waals surface area contributed by atoms with Crippen LogP contribution in [0.5, 0.6) is 5.75 Å². The second-order valence-electron chi connectivity index (χ2n) is 3.76. The maximum absolute atomic E-state index is 11.8. The van der Waals surface area contributed by atoms with Crippen LogP contribution in [0.15, 0.2) is 18.3 Å². The normalized spacial score (nSPS) is 11.7. The molecular weight excluding hydrogens is 233 g/mol. The van der Waals surface area contributed by atoms with Crippen molar-refractivity contribution in [3.63, 3.8) is 0 Å². The van der Waals surface area contributed by atoms with Crippen LogP contribution >= 0.6 is 0 Å². The summed E-state index contributed by atoms with van der Waals surface area (Å²) < 4.78 is 35.4. The average molecular weight is 248 g/mol. The Balaban J connectivity index is 2.07. The summed E-state index contributed by atoms with van der Waals surface area (Å²) >= 11 is 0. The fourth-order valence-electron chi connectivity index (χ4n) is 1.31. The molecule has 0 unspecified atom stereocenters. The van der Waals surface area contributed by atoms with Gasteiger partial charge in [0.2, 0.25) is 0 Å². The number of hydrogen-bond donors (Lipinski definition) is 2. The first-order chi connectivity index (χ1) is 7.97. The minimum atomic E-state index is -4.06. The van der Waals surface area contributed by atoms with E-state index < -0.39 is 12.6 Å². The van der Waals surface area contributed by atoms with Gasteiger partial charge in [-0.1, -0.05) is 0 Å². The van der Waals surface area contributed by atoms with Crippen molar-refractivity contribution in [3.8, 4) is 5.75 Å². The van der Waals surface area contributed by atoms with Crippen LogP contribution in [0.3, 0.4) is 0 Å². The molecule has 0 aromatic carbocycles. The molecule has 0 aliphatic rings. The summed E-state index contributed by atoms with van der Waals surface area (Å²) in [4.78, 5) is 3.94. The zero-order valence-corrected chi connectivity index (χ0v) is 9.30. The molecule has 0 aliphatic heterocycles.